The smallest absolute Gasteiger partial charge is 0.173 e. The highest BCUT2D eigenvalue weighted by atomic mass is 16.5. The molecule has 1 aromatic heterocycles. The zero-order chi connectivity index (χ0) is 14.8. The number of nitrogens with zero attached hydrogens (tertiary/aromatic N) is 2. The van der Waals surface area contributed by atoms with Crippen molar-refractivity contribution in [1.82, 2.24) is 4.98 Å². The highest BCUT2D eigenvalue weighted by Crippen LogP contribution is 2.60. The number of pyridine rings is 1. The normalized spacial score (nSPS) is 16.4. The zero-order valence-electron chi connectivity index (χ0n) is 11.5. The molecule has 5 rings (SSSR count). The van der Waals surface area contributed by atoms with Gasteiger partial charge in [0.05, 0.1) is 12.4 Å². The highest BCUT2D eigenvalue weighted by molar-refractivity contribution is 5.91. The van der Waals surface area contributed by atoms with Gasteiger partial charge in [0.15, 0.2) is 28.8 Å². The minimum absolute atomic E-state index is 0.490. The quantitative estimate of drug-likeness (QED) is 0.793. The van der Waals surface area contributed by atoms with Crippen LogP contribution in [0.3, 0.4) is 0 Å². The molecule has 0 saturated heterocycles. The van der Waals surface area contributed by atoms with Crippen LogP contribution >= 0.6 is 0 Å². The molecule has 0 fully saturated rings. The van der Waals surface area contributed by atoms with Crippen molar-refractivity contribution in [3.63, 3.8) is 0 Å². The van der Waals surface area contributed by atoms with E-state index in [-0.39, 0.29) is 0 Å². The van der Waals surface area contributed by atoms with Crippen LogP contribution < -0.4 is 19.1 Å². The lowest BCUT2D eigenvalue weighted by atomic mass is 10.1. The minimum atomic E-state index is 0.490. The maximum atomic E-state index is 5.95. The molecule has 0 radical (unpaired) electrons. The van der Waals surface area contributed by atoms with Crippen LogP contribution in [0, 0.1) is 0 Å². The van der Waals surface area contributed by atoms with Gasteiger partial charge in [-0.25, -0.2) is 0 Å². The van der Waals surface area contributed by atoms with Gasteiger partial charge < -0.3 is 14.2 Å². The van der Waals surface area contributed by atoms with Crippen LogP contribution in [0.1, 0.15) is 0 Å². The van der Waals surface area contributed by atoms with Crippen molar-refractivity contribution in [2.45, 2.75) is 0 Å². The molecule has 0 saturated carbocycles. The molecule has 4 heterocycles. The van der Waals surface area contributed by atoms with Crippen LogP contribution in [-0.4, -0.2) is 4.98 Å². The van der Waals surface area contributed by atoms with E-state index >= 15 is 0 Å². The number of anilines is 2. The van der Waals surface area contributed by atoms with Gasteiger partial charge in [0, 0.05) is 0 Å². The predicted molar refractivity (Wildman–Crippen MR) is 80.5 cm³/mol. The van der Waals surface area contributed by atoms with E-state index in [1.54, 1.807) is 18.5 Å². The van der Waals surface area contributed by atoms with Crippen LogP contribution in [0.4, 0.5) is 11.4 Å². The predicted octanol–water partition coefficient (Wildman–Crippen LogP) is 4.02. The van der Waals surface area contributed by atoms with Gasteiger partial charge >= 0.3 is 0 Å². The Labute approximate surface area is 126 Å². The van der Waals surface area contributed by atoms with Crippen LogP contribution in [-0.2, 0) is 0 Å². The molecule has 0 amide bonds. The number of ether oxygens (including phenoxy) is 3. The average Bonchev–Trinajstić information content (AvgIpc) is 2.54. The van der Waals surface area contributed by atoms with Gasteiger partial charge in [0.25, 0.3) is 0 Å². The Morgan fingerprint density at radius 3 is 2.41 bits per heavy atom. The SMILES string of the molecule is C=CC1=C2C(=C)Oc3cncc4c3N2c2c(cccc2O4)O1. The first-order valence-electron chi connectivity index (χ1n) is 6.78. The second-order valence-electron chi connectivity index (χ2n) is 5.07. The second-order valence-corrected chi connectivity index (χ2v) is 5.07. The first-order valence-corrected chi connectivity index (χ1v) is 6.78. The van der Waals surface area contributed by atoms with E-state index < -0.39 is 0 Å². The number of benzene rings is 1. The van der Waals surface area contributed by atoms with Crippen LogP contribution in [0.5, 0.6) is 23.0 Å². The standard InChI is InChI=1S/C17H10N2O3/c1-3-10-15-9(2)20-13-7-18-8-14-17(13)19(15)16-11(21-10)5-4-6-12(16)22-14/h3-8H,1-2H2. The average molecular weight is 290 g/mol. The molecule has 0 spiro atoms. The van der Waals surface area contributed by atoms with Gasteiger partial charge in [-0.3, -0.25) is 9.88 Å². The van der Waals surface area contributed by atoms with E-state index in [2.05, 4.69) is 18.1 Å². The number of allylic oxidation sites excluding steroid dienone is 1. The van der Waals surface area contributed by atoms with E-state index in [1.165, 1.54) is 0 Å². The van der Waals surface area contributed by atoms with Crippen molar-refractivity contribution >= 4 is 11.4 Å². The monoisotopic (exact) mass is 290 g/mol. The lowest BCUT2D eigenvalue weighted by molar-refractivity contribution is 0.369. The molecule has 3 aliphatic rings. The fourth-order valence-corrected chi connectivity index (χ4v) is 2.99. The van der Waals surface area contributed by atoms with Crippen molar-refractivity contribution in [2.75, 3.05) is 4.90 Å². The van der Waals surface area contributed by atoms with Crippen molar-refractivity contribution in [1.29, 1.82) is 0 Å². The third kappa shape index (κ3) is 1.21. The molecule has 22 heavy (non-hydrogen) atoms. The Hall–Kier alpha value is -3.21. The summed E-state index contributed by atoms with van der Waals surface area (Å²) in [7, 11) is 0. The molecule has 0 atom stereocenters. The Morgan fingerprint density at radius 2 is 1.64 bits per heavy atom. The number of rotatable bonds is 1. The fraction of sp³-hybridized carbons (Fsp3) is 0. The van der Waals surface area contributed by atoms with E-state index in [0.717, 1.165) is 17.1 Å². The molecule has 5 nitrogen and oxygen atoms in total. The summed E-state index contributed by atoms with van der Waals surface area (Å²) in [5.41, 5.74) is 2.38. The van der Waals surface area contributed by atoms with Crippen LogP contribution in [0.15, 0.2) is 67.0 Å². The number of hydrogen-bond acceptors (Lipinski definition) is 5. The molecule has 5 heteroatoms. The van der Waals surface area contributed by atoms with E-state index in [1.807, 2.05) is 23.1 Å². The van der Waals surface area contributed by atoms with E-state index in [0.29, 0.717) is 34.5 Å². The molecule has 1 aromatic carbocycles. The van der Waals surface area contributed by atoms with Gasteiger partial charge in [-0.2, -0.15) is 0 Å². The molecule has 0 aliphatic carbocycles. The van der Waals surface area contributed by atoms with Crippen molar-refractivity contribution in [3.05, 3.63) is 67.0 Å². The van der Waals surface area contributed by atoms with Crippen molar-refractivity contribution in [2.24, 2.45) is 0 Å². The largest absolute Gasteiger partial charge is 0.453 e. The Balaban J connectivity index is 1.93. The summed E-state index contributed by atoms with van der Waals surface area (Å²) < 4.78 is 17.7. The number of aromatic nitrogens is 1. The third-order valence-electron chi connectivity index (χ3n) is 3.84. The van der Waals surface area contributed by atoms with E-state index in [4.69, 9.17) is 14.2 Å². The highest BCUT2D eigenvalue weighted by Gasteiger charge is 2.42. The minimum Gasteiger partial charge on any atom is -0.453 e. The van der Waals surface area contributed by atoms with Gasteiger partial charge in [0.1, 0.15) is 22.8 Å². The molecule has 0 N–H and O–H groups in total. The van der Waals surface area contributed by atoms with Gasteiger partial charge in [-0.15, -0.1) is 0 Å². The molecule has 2 aromatic rings. The fourth-order valence-electron chi connectivity index (χ4n) is 2.99. The summed E-state index contributed by atoms with van der Waals surface area (Å²) in [6.45, 7) is 7.83. The summed E-state index contributed by atoms with van der Waals surface area (Å²) in [5, 5.41) is 0. The molecule has 3 aliphatic heterocycles. The third-order valence-corrected chi connectivity index (χ3v) is 3.84. The van der Waals surface area contributed by atoms with Gasteiger partial charge in [0.2, 0.25) is 0 Å². The topological polar surface area (TPSA) is 43.8 Å². The number of hydrogen-bond donors (Lipinski definition) is 0. The summed E-state index contributed by atoms with van der Waals surface area (Å²) in [4.78, 5) is 6.21. The Bertz CT molecular complexity index is 914. The summed E-state index contributed by atoms with van der Waals surface area (Å²) in [6.07, 6.45) is 4.98. The van der Waals surface area contributed by atoms with Gasteiger partial charge in [-0.1, -0.05) is 19.2 Å². The molecule has 0 bridgehead atoms. The maximum Gasteiger partial charge on any atom is 0.173 e. The first-order chi connectivity index (χ1) is 10.8. The molecule has 106 valence electrons. The van der Waals surface area contributed by atoms with E-state index in [9.17, 15) is 0 Å². The Morgan fingerprint density at radius 1 is 0.955 bits per heavy atom. The van der Waals surface area contributed by atoms with Crippen LogP contribution in [0.2, 0.25) is 0 Å². The van der Waals surface area contributed by atoms with Crippen LogP contribution in [0.25, 0.3) is 0 Å². The lowest BCUT2D eigenvalue weighted by Crippen LogP contribution is -2.32. The lowest BCUT2D eigenvalue weighted by Gasteiger charge is -2.42. The first kappa shape index (κ1) is 11.4. The molecule has 0 unspecified atom stereocenters. The summed E-state index contributed by atoms with van der Waals surface area (Å²) in [6, 6.07) is 5.68. The maximum absolute atomic E-state index is 5.95. The van der Waals surface area contributed by atoms with Gasteiger partial charge in [-0.05, 0) is 18.2 Å². The molecular weight excluding hydrogens is 280 g/mol. The summed E-state index contributed by atoms with van der Waals surface area (Å²) >= 11 is 0. The van der Waals surface area contributed by atoms with Crippen molar-refractivity contribution < 1.29 is 14.2 Å². The molecular formula is C17H10N2O3. The zero-order valence-corrected chi connectivity index (χ0v) is 11.5. The number of para-hydroxylation sites is 1. The summed E-state index contributed by atoms with van der Waals surface area (Å²) in [5.74, 6) is 3.75. The Kier molecular flexibility index (Phi) is 1.93. The second kappa shape index (κ2) is 3.71. The van der Waals surface area contributed by atoms with Crippen molar-refractivity contribution in [3.8, 4) is 23.0 Å².